The summed E-state index contributed by atoms with van der Waals surface area (Å²) >= 11 is 0. The molecule has 110 valence electrons. The second kappa shape index (κ2) is 5.80. The van der Waals surface area contributed by atoms with Gasteiger partial charge in [-0.2, -0.15) is 0 Å². The minimum absolute atomic E-state index is 0.0155. The molecule has 2 heterocycles. The van der Waals surface area contributed by atoms with E-state index in [9.17, 15) is 4.79 Å². The van der Waals surface area contributed by atoms with E-state index in [0.717, 1.165) is 51.4 Å². The monoisotopic (exact) mass is 267 g/mol. The quantitative estimate of drug-likeness (QED) is 0.838. The summed E-state index contributed by atoms with van der Waals surface area (Å²) in [5.74, 6) is 1.08. The van der Waals surface area contributed by atoms with Gasteiger partial charge in [0.25, 0.3) is 0 Å². The van der Waals surface area contributed by atoms with Gasteiger partial charge in [-0.3, -0.25) is 9.69 Å². The molecule has 2 fully saturated rings. The zero-order valence-electron chi connectivity index (χ0n) is 12.7. The van der Waals surface area contributed by atoms with Crippen LogP contribution in [0.25, 0.3) is 0 Å². The van der Waals surface area contributed by atoms with Crippen molar-refractivity contribution in [3.8, 4) is 0 Å². The van der Waals surface area contributed by atoms with Crippen molar-refractivity contribution in [1.82, 2.24) is 9.80 Å². The first-order valence-corrected chi connectivity index (χ1v) is 7.68. The van der Waals surface area contributed by atoms with E-state index < -0.39 is 0 Å². The molecule has 2 rings (SSSR count). The number of nitrogens with zero attached hydrogens (tertiary/aromatic N) is 2. The molecule has 1 amide bonds. The van der Waals surface area contributed by atoms with Crippen LogP contribution in [0.4, 0.5) is 0 Å². The molecule has 0 aromatic rings. The lowest BCUT2D eigenvalue weighted by atomic mass is 9.90. The Labute approximate surface area is 117 Å². The van der Waals surface area contributed by atoms with Gasteiger partial charge < -0.3 is 10.6 Å². The van der Waals surface area contributed by atoms with Gasteiger partial charge in [0.2, 0.25) is 5.91 Å². The molecule has 2 atom stereocenters. The third-order valence-electron chi connectivity index (χ3n) is 5.08. The number of carbonyl (C=O) groups is 1. The zero-order valence-corrected chi connectivity index (χ0v) is 12.7. The van der Waals surface area contributed by atoms with E-state index in [1.165, 1.54) is 0 Å². The van der Waals surface area contributed by atoms with Crippen LogP contribution in [0.3, 0.4) is 0 Å². The number of likely N-dealkylation sites (tertiary alicyclic amines) is 2. The Morgan fingerprint density at radius 3 is 2.53 bits per heavy atom. The maximum Gasteiger partial charge on any atom is 0.239 e. The number of hydrogen-bond donors (Lipinski definition) is 1. The molecule has 0 aliphatic carbocycles. The number of rotatable bonds is 3. The average Bonchev–Trinajstić information content (AvgIpc) is 2.81. The Kier molecular flexibility index (Phi) is 4.51. The van der Waals surface area contributed by atoms with Gasteiger partial charge in [-0.1, -0.05) is 13.8 Å². The van der Waals surface area contributed by atoms with Crippen molar-refractivity contribution < 1.29 is 4.79 Å². The zero-order chi connectivity index (χ0) is 14.0. The van der Waals surface area contributed by atoms with E-state index in [2.05, 4.69) is 30.6 Å². The minimum Gasteiger partial charge on any atom is -0.341 e. The van der Waals surface area contributed by atoms with Crippen LogP contribution >= 0.6 is 0 Å². The largest absolute Gasteiger partial charge is 0.341 e. The van der Waals surface area contributed by atoms with E-state index in [0.29, 0.717) is 12.5 Å². The molecule has 2 N–H and O–H groups in total. The summed E-state index contributed by atoms with van der Waals surface area (Å²) in [5, 5.41) is 0. The highest BCUT2D eigenvalue weighted by Crippen LogP contribution is 2.30. The lowest BCUT2D eigenvalue weighted by Gasteiger charge is -2.35. The van der Waals surface area contributed by atoms with Gasteiger partial charge in [0.1, 0.15) is 0 Å². The number of carbonyl (C=O) groups excluding carboxylic acids is 1. The lowest BCUT2D eigenvalue weighted by molar-refractivity contribution is -0.137. The molecule has 2 unspecified atom stereocenters. The fourth-order valence-electron chi connectivity index (χ4n) is 3.21. The molecule has 0 spiro atoms. The molecule has 19 heavy (non-hydrogen) atoms. The summed E-state index contributed by atoms with van der Waals surface area (Å²) in [5.41, 5.74) is 6.04. The molecule has 0 aromatic carbocycles. The highest BCUT2D eigenvalue weighted by Gasteiger charge is 2.37. The molecule has 4 heteroatoms. The van der Waals surface area contributed by atoms with Gasteiger partial charge in [0, 0.05) is 19.6 Å². The SMILES string of the molecule is CC1CCN(C(=O)C(C)N2CCC(C)(CN)C2)CC1. The Morgan fingerprint density at radius 1 is 1.37 bits per heavy atom. The topological polar surface area (TPSA) is 49.6 Å². The Morgan fingerprint density at radius 2 is 2.00 bits per heavy atom. The predicted octanol–water partition coefficient (Wildman–Crippen LogP) is 1.30. The molecular weight excluding hydrogens is 238 g/mol. The first-order valence-electron chi connectivity index (χ1n) is 7.68. The first kappa shape index (κ1) is 14.8. The third-order valence-corrected chi connectivity index (χ3v) is 5.08. The smallest absolute Gasteiger partial charge is 0.239 e. The minimum atomic E-state index is 0.0155. The van der Waals surface area contributed by atoms with Gasteiger partial charge in [-0.25, -0.2) is 0 Å². The molecule has 2 aliphatic heterocycles. The first-order chi connectivity index (χ1) is 8.95. The van der Waals surface area contributed by atoms with Crippen LogP contribution in [0.5, 0.6) is 0 Å². The summed E-state index contributed by atoms with van der Waals surface area (Å²) in [7, 11) is 0. The molecule has 0 bridgehead atoms. The number of amides is 1. The maximum atomic E-state index is 12.5. The normalized spacial score (nSPS) is 31.7. The van der Waals surface area contributed by atoms with Gasteiger partial charge in [-0.15, -0.1) is 0 Å². The van der Waals surface area contributed by atoms with Gasteiger partial charge in [-0.05, 0) is 50.6 Å². The lowest BCUT2D eigenvalue weighted by Crippen LogP contribution is -2.49. The van der Waals surface area contributed by atoms with E-state index >= 15 is 0 Å². The van der Waals surface area contributed by atoms with Crippen molar-refractivity contribution in [3.63, 3.8) is 0 Å². The Balaban J connectivity index is 1.89. The van der Waals surface area contributed by atoms with Gasteiger partial charge in [0.15, 0.2) is 0 Å². The van der Waals surface area contributed by atoms with Crippen molar-refractivity contribution >= 4 is 5.91 Å². The molecule has 4 nitrogen and oxygen atoms in total. The molecule has 0 saturated carbocycles. The summed E-state index contributed by atoms with van der Waals surface area (Å²) < 4.78 is 0. The van der Waals surface area contributed by atoms with Gasteiger partial charge >= 0.3 is 0 Å². The van der Waals surface area contributed by atoms with Crippen molar-refractivity contribution in [2.45, 2.75) is 46.1 Å². The van der Waals surface area contributed by atoms with Crippen LogP contribution in [-0.4, -0.2) is 54.5 Å². The fourth-order valence-corrected chi connectivity index (χ4v) is 3.21. The maximum absolute atomic E-state index is 12.5. The summed E-state index contributed by atoms with van der Waals surface area (Å²) in [6, 6.07) is 0.0155. The van der Waals surface area contributed by atoms with Crippen LogP contribution in [0.15, 0.2) is 0 Å². The van der Waals surface area contributed by atoms with Crippen LogP contribution in [0.2, 0.25) is 0 Å². The van der Waals surface area contributed by atoms with Crippen molar-refractivity contribution in [2.75, 3.05) is 32.7 Å². The highest BCUT2D eigenvalue weighted by atomic mass is 16.2. The van der Waals surface area contributed by atoms with Crippen molar-refractivity contribution in [1.29, 1.82) is 0 Å². The Hall–Kier alpha value is -0.610. The summed E-state index contributed by atoms with van der Waals surface area (Å²) in [4.78, 5) is 16.9. The van der Waals surface area contributed by atoms with E-state index in [-0.39, 0.29) is 11.5 Å². The standard InChI is InChI=1S/C15H29N3O/c1-12-4-7-17(8-5-12)14(19)13(2)18-9-6-15(3,10-16)11-18/h12-13H,4-11,16H2,1-3H3. The predicted molar refractivity (Wildman–Crippen MR) is 77.8 cm³/mol. The summed E-state index contributed by atoms with van der Waals surface area (Å²) in [6.45, 7) is 11.1. The number of hydrogen-bond acceptors (Lipinski definition) is 3. The van der Waals surface area contributed by atoms with Crippen LogP contribution in [0.1, 0.15) is 40.0 Å². The number of piperidine rings is 1. The van der Waals surface area contributed by atoms with E-state index in [1.54, 1.807) is 0 Å². The molecule has 0 radical (unpaired) electrons. The molecule has 0 aromatic heterocycles. The molecule has 2 saturated heterocycles. The van der Waals surface area contributed by atoms with Crippen molar-refractivity contribution in [3.05, 3.63) is 0 Å². The molecular formula is C15H29N3O. The fraction of sp³-hybridized carbons (Fsp3) is 0.933. The van der Waals surface area contributed by atoms with Crippen LogP contribution in [0, 0.1) is 11.3 Å². The van der Waals surface area contributed by atoms with Crippen LogP contribution < -0.4 is 5.73 Å². The summed E-state index contributed by atoms with van der Waals surface area (Å²) in [6.07, 6.45) is 3.41. The second-order valence-corrected chi connectivity index (χ2v) is 6.92. The average molecular weight is 267 g/mol. The van der Waals surface area contributed by atoms with E-state index in [4.69, 9.17) is 5.73 Å². The van der Waals surface area contributed by atoms with Crippen molar-refractivity contribution in [2.24, 2.45) is 17.1 Å². The number of nitrogens with two attached hydrogens (primary N) is 1. The molecule has 2 aliphatic rings. The Bertz CT molecular complexity index is 325. The van der Waals surface area contributed by atoms with Gasteiger partial charge in [0.05, 0.1) is 6.04 Å². The highest BCUT2D eigenvalue weighted by molar-refractivity contribution is 5.81. The third kappa shape index (κ3) is 3.29. The van der Waals surface area contributed by atoms with E-state index in [1.807, 2.05) is 0 Å². The second-order valence-electron chi connectivity index (χ2n) is 6.92. The van der Waals surface area contributed by atoms with Crippen LogP contribution in [-0.2, 0) is 4.79 Å².